The number of carbonyl (C=O) groups is 3. The van der Waals surface area contributed by atoms with Crippen molar-refractivity contribution in [3.63, 3.8) is 0 Å². The van der Waals surface area contributed by atoms with Crippen molar-refractivity contribution in [1.82, 2.24) is 0 Å². The molecule has 0 radical (unpaired) electrons. The summed E-state index contributed by atoms with van der Waals surface area (Å²) < 4.78 is 9.73. The molecule has 2 rings (SSSR count). The maximum absolute atomic E-state index is 12.4. The molecule has 1 N–H and O–H groups in total. The van der Waals surface area contributed by atoms with Gasteiger partial charge in [-0.25, -0.2) is 9.59 Å². The molecule has 0 aliphatic rings. The molecule has 0 aromatic heterocycles. The third-order valence-corrected chi connectivity index (χ3v) is 3.31. The van der Waals surface area contributed by atoms with Gasteiger partial charge in [-0.2, -0.15) is 0 Å². The summed E-state index contributed by atoms with van der Waals surface area (Å²) in [6.45, 7) is 4.82. The van der Waals surface area contributed by atoms with E-state index in [2.05, 4.69) is 11.9 Å². The van der Waals surface area contributed by atoms with E-state index in [1.165, 1.54) is 6.92 Å². The molecule has 134 valence electrons. The normalized spacial score (nSPS) is 9.88. The average molecular weight is 353 g/mol. The standard InChI is InChI=1S/C20H19NO5/c1-14(2)19(23)25-11-12-26-20(24)21-17-10-6-9-16(13-17)18(22)15-7-4-3-5-8-15/h3-10,13H,1,11-12H2,2H3,(H,21,24). The highest BCUT2D eigenvalue weighted by molar-refractivity contribution is 6.09. The minimum Gasteiger partial charge on any atom is -0.459 e. The molecule has 0 heterocycles. The van der Waals surface area contributed by atoms with Gasteiger partial charge in [0.25, 0.3) is 0 Å². The number of hydrogen-bond donors (Lipinski definition) is 1. The monoisotopic (exact) mass is 353 g/mol. The maximum atomic E-state index is 12.4. The third-order valence-electron chi connectivity index (χ3n) is 3.31. The van der Waals surface area contributed by atoms with E-state index in [4.69, 9.17) is 9.47 Å². The van der Waals surface area contributed by atoms with E-state index in [-0.39, 0.29) is 24.6 Å². The molecule has 6 nitrogen and oxygen atoms in total. The maximum Gasteiger partial charge on any atom is 0.411 e. The minimum absolute atomic E-state index is 0.0638. The minimum atomic E-state index is -0.708. The van der Waals surface area contributed by atoms with Gasteiger partial charge in [0, 0.05) is 22.4 Å². The van der Waals surface area contributed by atoms with Crippen LogP contribution in [-0.4, -0.2) is 31.1 Å². The Labute approximate surface area is 151 Å². The Kier molecular flexibility index (Phi) is 6.68. The van der Waals surface area contributed by atoms with Crippen LogP contribution in [0.25, 0.3) is 0 Å². The molecule has 0 saturated carbocycles. The Morgan fingerprint density at radius 1 is 0.923 bits per heavy atom. The number of hydrogen-bond acceptors (Lipinski definition) is 5. The van der Waals surface area contributed by atoms with Gasteiger partial charge in [0.2, 0.25) is 0 Å². The van der Waals surface area contributed by atoms with E-state index in [1.807, 2.05) is 6.07 Å². The van der Waals surface area contributed by atoms with Gasteiger partial charge in [-0.3, -0.25) is 10.1 Å². The predicted molar refractivity (Wildman–Crippen MR) is 97.1 cm³/mol. The molecule has 0 saturated heterocycles. The zero-order valence-corrected chi connectivity index (χ0v) is 14.4. The van der Waals surface area contributed by atoms with Gasteiger partial charge < -0.3 is 9.47 Å². The largest absolute Gasteiger partial charge is 0.459 e. The fourth-order valence-electron chi connectivity index (χ4n) is 2.04. The topological polar surface area (TPSA) is 81.7 Å². The molecule has 1 amide bonds. The van der Waals surface area contributed by atoms with E-state index < -0.39 is 12.1 Å². The average Bonchev–Trinajstić information content (AvgIpc) is 2.65. The predicted octanol–water partition coefficient (Wildman–Crippen LogP) is 3.59. The first-order chi connectivity index (χ1) is 12.5. The van der Waals surface area contributed by atoms with Crippen molar-refractivity contribution in [2.75, 3.05) is 18.5 Å². The number of anilines is 1. The van der Waals surface area contributed by atoms with E-state index in [0.717, 1.165) is 0 Å². The van der Waals surface area contributed by atoms with Crippen molar-refractivity contribution >= 4 is 23.5 Å². The lowest BCUT2D eigenvalue weighted by molar-refractivity contribution is -0.139. The van der Waals surface area contributed by atoms with E-state index in [9.17, 15) is 14.4 Å². The molecule has 6 heteroatoms. The second kappa shape index (κ2) is 9.17. The first-order valence-electron chi connectivity index (χ1n) is 7.93. The van der Waals surface area contributed by atoms with Crippen LogP contribution in [0.5, 0.6) is 0 Å². The van der Waals surface area contributed by atoms with Gasteiger partial charge in [-0.05, 0) is 19.1 Å². The summed E-state index contributed by atoms with van der Waals surface area (Å²) in [5, 5.41) is 2.53. The molecule has 0 atom stereocenters. The van der Waals surface area contributed by atoms with E-state index >= 15 is 0 Å². The fourth-order valence-corrected chi connectivity index (χ4v) is 2.04. The number of ketones is 1. The van der Waals surface area contributed by atoms with Crippen LogP contribution in [0.1, 0.15) is 22.8 Å². The Morgan fingerprint density at radius 2 is 1.58 bits per heavy atom. The van der Waals surface area contributed by atoms with E-state index in [0.29, 0.717) is 16.8 Å². The Balaban J connectivity index is 1.88. The first kappa shape index (κ1) is 18.9. The SMILES string of the molecule is C=C(C)C(=O)OCCOC(=O)Nc1cccc(C(=O)c2ccccc2)c1. The number of amides is 1. The van der Waals surface area contributed by atoms with E-state index in [1.54, 1.807) is 48.5 Å². The van der Waals surface area contributed by atoms with Crippen molar-refractivity contribution < 1.29 is 23.9 Å². The lowest BCUT2D eigenvalue weighted by Crippen LogP contribution is -2.18. The van der Waals surface area contributed by atoms with Crippen molar-refractivity contribution in [3.8, 4) is 0 Å². The highest BCUT2D eigenvalue weighted by atomic mass is 16.6. The van der Waals surface area contributed by atoms with Crippen LogP contribution in [0, 0.1) is 0 Å². The molecule has 0 bridgehead atoms. The summed E-state index contributed by atoms with van der Waals surface area (Å²) in [5.74, 6) is -0.685. The summed E-state index contributed by atoms with van der Waals surface area (Å²) >= 11 is 0. The second-order valence-electron chi connectivity index (χ2n) is 5.45. The molecular formula is C20H19NO5. The van der Waals surface area contributed by atoms with Crippen LogP contribution in [0.3, 0.4) is 0 Å². The fraction of sp³-hybridized carbons (Fsp3) is 0.150. The zero-order chi connectivity index (χ0) is 18.9. The van der Waals surface area contributed by atoms with Gasteiger partial charge in [0.1, 0.15) is 13.2 Å². The van der Waals surface area contributed by atoms with Crippen molar-refractivity contribution in [1.29, 1.82) is 0 Å². The molecular weight excluding hydrogens is 334 g/mol. The number of ether oxygens (including phenoxy) is 2. The molecule has 0 fully saturated rings. The lowest BCUT2D eigenvalue weighted by atomic mass is 10.0. The van der Waals surface area contributed by atoms with Crippen LogP contribution < -0.4 is 5.32 Å². The molecule has 26 heavy (non-hydrogen) atoms. The molecule has 0 unspecified atom stereocenters. The van der Waals surface area contributed by atoms with Crippen LogP contribution in [0.15, 0.2) is 66.7 Å². The van der Waals surface area contributed by atoms with Crippen LogP contribution >= 0.6 is 0 Å². The quantitative estimate of drug-likeness (QED) is 0.356. The van der Waals surface area contributed by atoms with Crippen LogP contribution in [-0.2, 0) is 14.3 Å². The summed E-state index contributed by atoms with van der Waals surface area (Å²) in [5.41, 5.74) is 1.71. The third kappa shape index (κ3) is 5.59. The molecule has 0 aliphatic carbocycles. The molecule has 2 aromatic carbocycles. The van der Waals surface area contributed by atoms with Gasteiger partial charge in [-0.1, -0.05) is 49.0 Å². The summed E-state index contributed by atoms with van der Waals surface area (Å²) in [7, 11) is 0. The smallest absolute Gasteiger partial charge is 0.411 e. The number of benzene rings is 2. The molecule has 2 aromatic rings. The van der Waals surface area contributed by atoms with Gasteiger partial charge >= 0.3 is 12.1 Å². The lowest BCUT2D eigenvalue weighted by Gasteiger charge is -2.09. The Hall–Kier alpha value is -3.41. The zero-order valence-electron chi connectivity index (χ0n) is 14.4. The Bertz CT molecular complexity index is 814. The van der Waals surface area contributed by atoms with Crippen molar-refractivity contribution in [3.05, 3.63) is 77.9 Å². The molecule has 0 spiro atoms. The first-order valence-corrected chi connectivity index (χ1v) is 7.93. The number of rotatable bonds is 7. The summed E-state index contributed by atoms with van der Waals surface area (Å²) in [6.07, 6.45) is -0.708. The van der Waals surface area contributed by atoms with Crippen molar-refractivity contribution in [2.45, 2.75) is 6.92 Å². The molecule has 0 aliphatic heterocycles. The van der Waals surface area contributed by atoms with Crippen molar-refractivity contribution in [2.24, 2.45) is 0 Å². The summed E-state index contributed by atoms with van der Waals surface area (Å²) in [4.78, 5) is 35.4. The van der Waals surface area contributed by atoms with Gasteiger partial charge in [-0.15, -0.1) is 0 Å². The number of esters is 1. The van der Waals surface area contributed by atoms with Gasteiger partial charge in [0.15, 0.2) is 5.78 Å². The highest BCUT2D eigenvalue weighted by Crippen LogP contribution is 2.15. The summed E-state index contributed by atoms with van der Waals surface area (Å²) in [6, 6.07) is 15.4. The van der Waals surface area contributed by atoms with Crippen LogP contribution in [0.4, 0.5) is 10.5 Å². The Morgan fingerprint density at radius 3 is 2.27 bits per heavy atom. The second-order valence-corrected chi connectivity index (χ2v) is 5.45. The number of carbonyl (C=O) groups excluding carboxylic acids is 3. The number of nitrogens with one attached hydrogen (secondary N) is 1. The van der Waals surface area contributed by atoms with Gasteiger partial charge in [0.05, 0.1) is 0 Å². The highest BCUT2D eigenvalue weighted by Gasteiger charge is 2.11. The van der Waals surface area contributed by atoms with Crippen LogP contribution in [0.2, 0.25) is 0 Å².